The number of thioether (sulfide) groups is 1. The topological polar surface area (TPSA) is 55.4 Å². The van der Waals surface area contributed by atoms with Crippen molar-refractivity contribution in [1.82, 2.24) is 0 Å². The lowest BCUT2D eigenvalue weighted by atomic mass is 10.1. The molecule has 0 saturated heterocycles. The van der Waals surface area contributed by atoms with E-state index in [4.69, 9.17) is 0 Å². The van der Waals surface area contributed by atoms with Crippen LogP contribution in [0.3, 0.4) is 0 Å². The summed E-state index contributed by atoms with van der Waals surface area (Å²) < 4.78 is 4.53. The van der Waals surface area contributed by atoms with E-state index in [1.807, 2.05) is 24.3 Å². The molecule has 104 valence electrons. The molecule has 19 heavy (non-hydrogen) atoms. The van der Waals surface area contributed by atoms with Gasteiger partial charge in [0.1, 0.15) is 0 Å². The van der Waals surface area contributed by atoms with Crippen molar-refractivity contribution in [3.8, 4) is 0 Å². The van der Waals surface area contributed by atoms with Crippen LogP contribution in [0.5, 0.6) is 0 Å². The maximum atomic E-state index is 11.9. The number of anilines is 1. The predicted octanol–water partition coefficient (Wildman–Crippen LogP) is 2.48. The summed E-state index contributed by atoms with van der Waals surface area (Å²) in [5, 5.41) is 2.52. The molecule has 0 saturated carbocycles. The predicted molar refractivity (Wildman–Crippen MR) is 78.4 cm³/mol. The van der Waals surface area contributed by atoms with Crippen molar-refractivity contribution >= 4 is 29.3 Å². The van der Waals surface area contributed by atoms with Crippen molar-refractivity contribution in [3.05, 3.63) is 29.8 Å². The van der Waals surface area contributed by atoms with Gasteiger partial charge in [0.05, 0.1) is 18.1 Å². The van der Waals surface area contributed by atoms with Crippen molar-refractivity contribution in [1.29, 1.82) is 0 Å². The third-order valence-corrected chi connectivity index (χ3v) is 3.79. The Labute approximate surface area is 117 Å². The Morgan fingerprint density at radius 2 is 1.95 bits per heavy atom. The zero-order valence-corrected chi connectivity index (χ0v) is 12.3. The molecule has 0 aliphatic heterocycles. The number of ether oxygens (including phenoxy) is 1. The van der Waals surface area contributed by atoms with Crippen LogP contribution < -0.4 is 5.32 Å². The van der Waals surface area contributed by atoms with E-state index >= 15 is 0 Å². The van der Waals surface area contributed by atoms with Crippen molar-refractivity contribution in [2.75, 3.05) is 18.2 Å². The minimum absolute atomic E-state index is 0.113. The second kappa shape index (κ2) is 7.84. The van der Waals surface area contributed by atoms with Gasteiger partial charge in [0, 0.05) is 5.69 Å². The summed E-state index contributed by atoms with van der Waals surface area (Å²) in [5.41, 5.74) is 2.00. The Morgan fingerprint density at radius 3 is 2.47 bits per heavy atom. The highest BCUT2D eigenvalue weighted by molar-refractivity contribution is 8.01. The van der Waals surface area contributed by atoms with E-state index in [0.717, 1.165) is 12.1 Å². The number of benzene rings is 1. The van der Waals surface area contributed by atoms with Gasteiger partial charge >= 0.3 is 5.97 Å². The number of carbonyl (C=O) groups is 2. The van der Waals surface area contributed by atoms with Crippen LogP contribution in [0.1, 0.15) is 19.4 Å². The molecule has 0 bridgehead atoms. The van der Waals surface area contributed by atoms with Crippen LogP contribution in [0.15, 0.2) is 24.3 Å². The lowest BCUT2D eigenvalue weighted by molar-refractivity contribution is -0.137. The lowest BCUT2D eigenvalue weighted by Crippen LogP contribution is -2.23. The van der Waals surface area contributed by atoms with E-state index in [-0.39, 0.29) is 22.9 Å². The second-order valence-electron chi connectivity index (χ2n) is 4.07. The fourth-order valence-corrected chi connectivity index (χ4v) is 2.11. The van der Waals surface area contributed by atoms with Gasteiger partial charge in [0.15, 0.2) is 0 Å². The van der Waals surface area contributed by atoms with Gasteiger partial charge in [-0.15, -0.1) is 11.8 Å². The molecule has 0 heterocycles. The zero-order chi connectivity index (χ0) is 14.3. The summed E-state index contributed by atoms with van der Waals surface area (Å²) in [6.45, 7) is 3.85. The summed E-state index contributed by atoms with van der Waals surface area (Å²) in [5.74, 6) is -0.255. The fraction of sp³-hybridized carbons (Fsp3) is 0.429. The number of hydrogen-bond acceptors (Lipinski definition) is 4. The average Bonchev–Trinajstić information content (AvgIpc) is 2.44. The molecule has 0 spiro atoms. The summed E-state index contributed by atoms with van der Waals surface area (Å²) in [7, 11) is 1.34. The van der Waals surface area contributed by atoms with Crippen molar-refractivity contribution in [2.24, 2.45) is 0 Å². The summed E-state index contributed by atoms with van der Waals surface area (Å²) in [6, 6.07) is 7.74. The molecule has 0 aliphatic carbocycles. The number of carbonyl (C=O) groups excluding carboxylic acids is 2. The van der Waals surface area contributed by atoms with E-state index in [2.05, 4.69) is 17.0 Å². The molecular weight excluding hydrogens is 262 g/mol. The standard InChI is InChI=1S/C14H19NO3S/c1-4-11-5-7-12(8-6-11)15-14(17)10(2)19-9-13(16)18-3/h5-8,10H,4,9H2,1-3H3,(H,15,17). The first-order valence-corrected chi connectivity index (χ1v) is 7.20. The molecule has 1 unspecified atom stereocenters. The summed E-state index contributed by atoms with van der Waals surface area (Å²) in [4.78, 5) is 22.9. The first-order chi connectivity index (χ1) is 9.06. The minimum atomic E-state index is -0.322. The normalized spacial score (nSPS) is 11.7. The van der Waals surface area contributed by atoms with Crippen LogP contribution in [-0.4, -0.2) is 30.0 Å². The van der Waals surface area contributed by atoms with Crippen molar-refractivity contribution < 1.29 is 14.3 Å². The van der Waals surface area contributed by atoms with E-state index < -0.39 is 0 Å². The number of rotatable bonds is 6. The number of hydrogen-bond donors (Lipinski definition) is 1. The SMILES string of the molecule is CCc1ccc(NC(=O)C(C)SCC(=O)OC)cc1. The number of nitrogens with one attached hydrogen (secondary N) is 1. The van der Waals surface area contributed by atoms with Crippen molar-refractivity contribution in [3.63, 3.8) is 0 Å². The smallest absolute Gasteiger partial charge is 0.315 e. The molecule has 1 N–H and O–H groups in total. The van der Waals surface area contributed by atoms with Gasteiger partial charge in [0.2, 0.25) is 5.91 Å². The molecule has 4 nitrogen and oxygen atoms in total. The van der Waals surface area contributed by atoms with Crippen LogP contribution in [0.25, 0.3) is 0 Å². The highest BCUT2D eigenvalue weighted by Gasteiger charge is 2.15. The van der Waals surface area contributed by atoms with Gasteiger partial charge in [-0.1, -0.05) is 19.1 Å². The maximum Gasteiger partial charge on any atom is 0.315 e. The van der Waals surface area contributed by atoms with Gasteiger partial charge in [0.25, 0.3) is 0 Å². The average molecular weight is 281 g/mol. The first kappa shape index (κ1) is 15.6. The monoisotopic (exact) mass is 281 g/mol. The van der Waals surface area contributed by atoms with Gasteiger partial charge in [-0.05, 0) is 31.0 Å². The molecule has 0 aromatic heterocycles. The molecule has 1 rings (SSSR count). The fourth-order valence-electron chi connectivity index (χ4n) is 1.40. The van der Waals surface area contributed by atoms with Gasteiger partial charge in [-0.25, -0.2) is 0 Å². The highest BCUT2D eigenvalue weighted by Crippen LogP contribution is 2.15. The number of aryl methyl sites for hydroxylation is 1. The lowest BCUT2D eigenvalue weighted by Gasteiger charge is -2.11. The van der Waals surface area contributed by atoms with Crippen LogP contribution in [-0.2, 0) is 20.7 Å². The Kier molecular flexibility index (Phi) is 6.42. The van der Waals surface area contributed by atoms with Crippen LogP contribution in [0.4, 0.5) is 5.69 Å². The van der Waals surface area contributed by atoms with Crippen LogP contribution in [0.2, 0.25) is 0 Å². The zero-order valence-electron chi connectivity index (χ0n) is 11.4. The Hall–Kier alpha value is -1.49. The molecule has 0 radical (unpaired) electrons. The Balaban J connectivity index is 2.46. The number of methoxy groups -OCH3 is 1. The van der Waals surface area contributed by atoms with Crippen molar-refractivity contribution in [2.45, 2.75) is 25.5 Å². The molecule has 1 amide bonds. The third kappa shape index (κ3) is 5.34. The second-order valence-corrected chi connectivity index (χ2v) is 5.40. The maximum absolute atomic E-state index is 11.9. The van der Waals surface area contributed by atoms with Crippen LogP contribution in [0, 0.1) is 0 Å². The Bertz CT molecular complexity index is 431. The summed E-state index contributed by atoms with van der Waals surface area (Å²) in [6.07, 6.45) is 0.972. The van der Waals surface area contributed by atoms with Gasteiger partial charge in [-0.2, -0.15) is 0 Å². The van der Waals surface area contributed by atoms with Gasteiger partial charge in [-0.3, -0.25) is 9.59 Å². The molecule has 0 aliphatic rings. The molecule has 1 atom stereocenters. The van der Waals surface area contributed by atoms with E-state index in [1.54, 1.807) is 6.92 Å². The molecule has 1 aromatic carbocycles. The Morgan fingerprint density at radius 1 is 1.32 bits per heavy atom. The molecular formula is C14H19NO3S. The molecule has 5 heteroatoms. The number of amides is 1. The summed E-state index contributed by atoms with van der Waals surface area (Å²) >= 11 is 1.26. The molecule has 1 aromatic rings. The minimum Gasteiger partial charge on any atom is -0.468 e. The number of esters is 1. The van der Waals surface area contributed by atoms with Gasteiger partial charge < -0.3 is 10.1 Å². The largest absolute Gasteiger partial charge is 0.468 e. The third-order valence-electron chi connectivity index (χ3n) is 2.68. The van der Waals surface area contributed by atoms with E-state index in [0.29, 0.717) is 0 Å². The quantitative estimate of drug-likeness (QED) is 0.814. The highest BCUT2D eigenvalue weighted by atomic mass is 32.2. The van der Waals surface area contributed by atoms with E-state index in [1.165, 1.54) is 24.4 Å². The molecule has 0 fully saturated rings. The first-order valence-electron chi connectivity index (χ1n) is 6.15. The van der Waals surface area contributed by atoms with Crippen LogP contribution >= 0.6 is 11.8 Å². The van der Waals surface area contributed by atoms with E-state index in [9.17, 15) is 9.59 Å².